The van der Waals surface area contributed by atoms with Gasteiger partial charge in [0.25, 0.3) is 5.91 Å². The fourth-order valence-corrected chi connectivity index (χ4v) is 2.69. The summed E-state index contributed by atoms with van der Waals surface area (Å²) in [6.07, 6.45) is 0. The van der Waals surface area contributed by atoms with Gasteiger partial charge in [-0.2, -0.15) is 0 Å². The number of hydrogen-bond acceptors (Lipinski definition) is 3. The Labute approximate surface area is 135 Å². The molecule has 2 aromatic carbocycles. The highest BCUT2D eigenvalue weighted by Crippen LogP contribution is 2.24. The van der Waals surface area contributed by atoms with Gasteiger partial charge < -0.3 is 14.5 Å². The summed E-state index contributed by atoms with van der Waals surface area (Å²) in [6, 6.07) is 17.5. The predicted octanol–water partition coefficient (Wildman–Crippen LogP) is 4.07. The Bertz CT molecular complexity index is 817. The number of benzene rings is 2. The highest BCUT2D eigenvalue weighted by atomic mass is 16.5. The summed E-state index contributed by atoms with van der Waals surface area (Å²) in [6.45, 7) is 2.32. The number of amides is 1. The highest BCUT2D eigenvalue weighted by Gasteiger charge is 2.16. The molecule has 1 unspecified atom stereocenters. The Hall–Kier alpha value is -2.59. The zero-order valence-corrected chi connectivity index (χ0v) is 13.2. The first-order chi connectivity index (χ1) is 11.2. The molecule has 1 N–H and O–H groups in total. The smallest absolute Gasteiger partial charge is 0.287 e. The Kier molecular flexibility index (Phi) is 4.44. The van der Waals surface area contributed by atoms with Crippen LogP contribution in [0.15, 0.2) is 59.0 Å². The maximum Gasteiger partial charge on any atom is 0.287 e. The number of rotatable bonds is 5. The lowest BCUT2D eigenvalue weighted by molar-refractivity contribution is 0.0903. The Morgan fingerprint density at radius 3 is 2.74 bits per heavy atom. The number of carbonyl (C=O) groups excluding carboxylic acids is 1. The van der Waals surface area contributed by atoms with E-state index in [1.54, 1.807) is 19.2 Å². The molecule has 0 aliphatic rings. The molecule has 0 aliphatic carbocycles. The molecule has 1 aromatic heterocycles. The molecule has 4 nitrogen and oxygen atoms in total. The van der Waals surface area contributed by atoms with Gasteiger partial charge in [-0.25, -0.2) is 0 Å². The van der Waals surface area contributed by atoms with Crippen molar-refractivity contribution in [2.24, 2.45) is 0 Å². The van der Waals surface area contributed by atoms with Gasteiger partial charge in [-0.05, 0) is 35.4 Å². The van der Waals surface area contributed by atoms with Gasteiger partial charge in [0, 0.05) is 7.11 Å². The average molecular weight is 309 g/mol. The van der Waals surface area contributed by atoms with Crippen LogP contribution in [0.3, 0.4) is 0 Å². The van der Waals surface area contributed by atoms with Crippen molar-refractivity contribution in [2.45, 2.75) is 19.6 Å². The van der Waals surface area contributed by atoms with Crippen LogP contribution in [0.1, 0.15) is 34.8 Å². The molecule has 0 fully saturated rings. The number of carbonyl (C=O) groups is 1. The van der Waals surface area contributed by atoms with Gasteiger partial charge in [0.1, 0.15) is 12.4 Å². The van der Waals surface area contributed by atoms with Gasteiger partial charge in [0.05, 0.1) is 6.04 Å². The van der Waals surface area contributed by atoms with E-state index in [1.807, 2.05) is 31.2 Å². The van der Waals surface area contributed by atoms with E-state index < -0.39 is 0 Å². The second kappa shape index (κ2) is 6.67. The van der Waals surface area contributed by atoms with Gasteiger partial charge >= 0.3 is 0 Å². The molecule has 0 saturated heterocycles. The second-order valence-electron chi connectivity index (χ2n) is 5.46. The summed E-state index contributed by atoms with van der Waals surface area (Å²) in [5, 5.41) is 5.29. The molecular formula is C19H19NO3. The van der Waals surface area contributed by atoms with Crippen molar-refractivity contribution >= 4 is 16.7 Å². The lowest BCUT2D eigenvalue weighted by atomic mass is 9.99. The maximum atomic E-state index is 12.3. The van der Waals surface area contributed by atoms with Gasteiger partial charge in [-0.1, -0.05) is 42.5 Å². The number of methoxy groups -OCH3 is 1. The third-order valence-corrected chi connectivity index (χ3v) is 3.81. The van der Waals surface area contributed by atoms with Crippen LogP contribution in [0, 0.1) is 0 Å². The second-order valence-corrected chi connectivity index (χ2v) is 5.46. The Morgan fingerprint density at radius 2 is 1.91 bits per heavy atom. The molecule has 1 heterocycles. The summed E-state index contributed by atoms with van der Waals surface area (Å²) < 4.78 is 10.5. The Morgan fingerprint density at radius 1 is 1.13 bits per heavy atom. The van der Waals surface area contributed by atoms with E-state index in [1.165, 1.54) is 0 Å². The summed E-state index contributed by atoms with van der Waals surface area (Å²) >= 11 is 0. The number of ether oxygens (including phenoxy) is 1. The maximum absolute atomic E-state index is 12.3. The first-order valence-corrected chi connectivity index (χ1v) is 7.55. The number of nitrogens with one attached hydrogen (secondary N) is 1. The van der Waals surface area contributed by atoms with Crippen LogP contribution in [0.2, 0.25) is 0 Å². The van der Waals surface area contributed by atoms with E-state index in [0.717, 1.165) is 16.3 Å². The molecule has 0 spiro atoms. The van der Waals surface area contributed by atoms with Gasteiger partial charge in [-0.3, -0.25) is 4.79 Å². The first kappa shape index (κ1) is 15.3. The molecule has 0 bridgehead atoms. The fraction of sp³-hybridized carbons (Fsp3) is 0.211. The van der Waals surface area contributed by atoms with E-state index in [-0.39, 0.29) is 11.9 Å². The normalized spacial score (nSPS) is 12.3. The average Bonchev–Trinajstić information content (AvgIpc) is 3.03. The largest absolute Gasteiger partial charge is 0.453 e. The van der Waals surface area contributed by atoms with Gasteiger partial charge in [-0.15, -0.1) is 0 Å². The fourth-order valence-electron chi connectivity index (χ4n) is 2.69. The third-order valence-electron chi connectivity index (χ3n) is 3.81. The molecule has 1 atom stereocenters. The van der Waals surface area contributed by atoms with Crippen molar-refractivity contribution in [3.8, 4) is 0 Å². The van der Waals surface area contributed by atoms with Crippen molar-refractivity contribution < 1.29 is 13.9 Å². The zero-order valence-electron chi connectivity index (χ0n) is 13.2. The number of furan rings is 1. The van der Waals surface area contributed by atoms with Crippen molar-refractivity contribution in [1.29, 1.82) is 0 Å². The molecule has 3 aromatic rings. The standard InChI is InChI=1S/C19H19NO3/c1-13(16-9-5-7-14-6-3-4-8-17(14)16)20-19(21)18-11-10-15(23-18)12-22-2/h3-11,13H,12H2,1-2H3,(H,20,21). The molecule has 118 valence electrons. The SMILES string of the molecule is COCc1ccc(C(=O)NC(C)c2cccc3ccccc23)o1. The van der Waals surface area contributed by atoms with Crippen molar-refractivity contribution in [3.05, 3.63) is 71.7 Å². The molecule has 0 saturated carbocycles. The minimum Gasteiger partial charge on any atom is -0.453 e. The molecule has 0 radical (unpaired) electrons. The number of hydrogen-bond donors (Lipinski definition) is 1. The van der Waals surface area contributed by atoms with Crippen molar-refractivity contribution in [3.63, 3.8) is 0 Å². The summed E-state index contributed by atoms with van der Waals surface area (Å²) in [7, 11) is 1.59. The van der Waals surface area contributed by atoms with Crippen LogP contribution >= 0.6 is 0 Å². The van der Waals surface area contributed by atoms with Crippen LogP contribution in [-0.4, -0.2) is 13.0 Å². The lowest BCUT2D eigenvalue weighted by Crippen LogP contribution is -2.26. The molecular weight excluding hydrogens is 290 g/mol. The van der Waals surface area contributed by atoms with Crippen LogP contribution < -0.4 is 5.32 Å². The van der Waals surface area contributed by atoms with Crippen LogP contribution in [0.25, 0.3) is 10.8 Å². The highest BCUT2D eigenvalue weighted by molar-refractivity contribution is 5.92. The molecule has 4 heteroatoms. The molecule has 0 aliphatic heterocycles. The van der Waals surface area contributed by atoms with Crippen molar-refractivity contribution in [1.82, 2.24) is 5.32 Å². The summed E-state index contributed by atoms with van der Waals surface area (Å²) in [4.78, 5) is 12.3. The van der Waals surface area contributed by atoms with E-state index in [0.29, 0.717) is 18.1 Å². The van der Waals surface area contributed by atoms with Gasteiger partial charge in [0.15, 0.2) is 5.76 Å². The van der Waals surface area contributed by atoms with Gasteiger partial charge in [0.2, 0.25) is 0 Å². The third kappa shape index (κ3) is 3.27. The minimum absolute atomic E-state index is 0.121. The summed E-state index contributed by atoms with van der Waals surface area (Å²) in [5.41, 5.74) is 1.08. The first-order valence-electron chi connectivity index (χ1n) is 7.55. The lowest BCUT2D eigenvalue weighted by Gasteiger charge is -2.16. The van der Waals surface area contributed by atoms with E-state index in [2.05, 4.69) is 23.5 Å². The van der Waals surface area contributed by atoms with E-state index in [9.17, 15) is 4.79 Å². The minimum atomic E-state index is -0.229. The zero-order chi connectivity index (χ0) is 16.2. The monoisotopic (exact) mass is 309 g/mol. The van der Waals surface area contributed by atoms with Crippen LogP contribution in [-0.2, 0) is 11.3 Å². The Balaban J connectivity index is 1.79. The summed E-state index contributed by atoms with van der Waals surface area (Å²) in [5.74, 6) is 0.701. The predicted molar refractivity (Wildman–Crippen MR) is 89.3 cm³/mol. The van der Waals surface area contributed by atoms with E-state index in [4.69, 9.17) is 9.15 Å². The van der Waals surface area contributed by atoms with Crippen LogP contribution in [0.5, 0.6) is 0 Å². The van der Waals surface area contributed by atoms with Crippen molar-refractivity contribution in [2.75, 3.05) is 7.11 Å². The van der Waals surface area contributed by atoms with Crippen LogP contribution in [0.4, 0.5) is 0 Å². The molecule has 1 amide bonds. The van der Waals surface area contributed by atoms with E-state index >= 15 is 0 Å². The molecule has 23 heavy (non-hydrogen) atoms. The quantitative estimate of drug-likeness (QED) is 0.773. The number of fused-ring (bicyclic) bond motifs is 1. The molecule has 3 rings (SSSR count). The topological polar surface area (TPSA) is 51.5 Å².